The molecule has 0 atom stereocenters. The van der Waals surface area contributed by atoms with E-state index in [-0.39, 0.29) is 5.91 Å². The quantitative estimate of drug-likeness (QED) is 0.787. The summed E-state index contributed by atoms with van der Waals surface area (Å²) < 4.78 is 5.41. The molecule has 0 heterocycles. The molecule has 18 heavy (non-hydrogen) atoms. The average molecular weight is 249 g/mol. The molecule has 100 valence electrons. The molecule has 0 unspecified atom stereocenters. The van der Waals surface area contributed by atoms with Crippen LogP contribution in [0.1, 0.15) is 53.2 Å². The largest absolute Gasteiger partial charge is 0.496 e. The predicted molar refractivity (Wildman–Crippen MR) is 74.2 cm³/mol. The minimum Gasteiger partial charge on any atom is -0.496 e. The number of benzene rings is 1. The molecule has 1 amide bonds. The number of amides is 1. The van der Waals surface area contributed by atoms with Gasteiger partial charge < -0.3 is 10.5 Å². The number of methoxy groups -OCH3 is 1. The number of unbranched alkanes of at least 4 members (excludes halogenated alkanes) is 2. The summed E-state index contributed by atoms with van der Waals surface area (Å²) in [5, 5.41) is 0. The molecule has 1 rings (SSSR count). The van der Waals surface area contributed by atoms with Gasteiger partial charge in [0.05, 0.1) is 7.11 Å². The van der Waals surface area contributed by atoms with Crippen LogP contribution in [0.3, 0.4) is 0 Å². The summed E-state index contributed by atoms with van der Waals surface area (Å²) >= 11 is 0. The van der Waals surface area contributed by atoms with Crippen LogP contribution < -0.4 is 10.5 Å². The zero-order valence-corrected chi connectivity index (χ0v) is 11.8. The number of ether oxygens (including phenoxy) is 1. The van der Waals surface area contributed by atoms with Crippen LogP contribution in [0.15, 0.2) is 6.07 Å². The van der Waals surface area contributed by atoms with Gasteiger partial charge in [-0.3, -0.25) is 4.79 Å². The highest BCUT2D eigenvalue weighted by Crippen LogP contribution is 2.30. The molecule has 3 heteroatoms. The van der Waals surface area contributed by atoms with Gasteiger partial charge in [0, 0.05) is 5.56 Å². The van der Waals surface area contributed by atoms with E-state index in [4.69, 9.17) is 10.5 Å². The summed E-state index contributed by atoms with van der Waals surface area (Å²) in [6, 6.07) is 1.84. The highest BCUT2D eigenvalue weighted by molar-refractivity contribution is 5.95. The van der Waals surface area contributed by atoms with E-state index in [1.807, 2.05) is 19.9 Å². The van der Waals surface area contributed by atoms with Gasteiger partial charge in [0.2, 0.25) is 5.91 Å². The number of rotatable bonds is 6. The number of carbonyl (C=O) groups is 1. The topological polar surface area (TPSA) is 52.3 Å². The molecular weight excluding hydrogens is 226 g/mol. The monoisotopic (exact) mass is 249 g/mol. The Labute approximate surface area is 109 Å². The van der Waals surface area contributed by atoms with E-state index in [2.05, 4.69) is 6.92 Å². The Bertz CT molecular complexity index is 439. The lowest BCUT2D eigenvalue weighted by Gasteiger charge is -2.16. The van der Waals surface area contributed by atoms with Crippen LogP contribution in [0.5, 0.6) is 5.75 Å². The van der Waals surface area contributed by atoms with Crippen molar-refractivity contribution in [1.82, 2.24) is 0 Å². The number of hydrogen-bond donors (Lipinski definition) is 1. The Morgan fingerprint density at radius 3 is 2.50 bits per heavy atom. The second-order valence-corrected chi connectivity index (χ2v) is 4.70. The first-order valence-electron chi connectivity index (χ1n) is 6.49. The summed E-state index contributed by atoms with van der Waals surface area (Å²) in [7, 11) is 1.66. The number of primary amides is 1. The van der Waals surface area contributed by atoms with Crippen molar-refractivity contribution in [3.8, 4) is 5.75 Å². The molecule has 2 N–H and O–H groups in total. The third kappa shape index (κ3) is 3.03. The molecule has 1 aromatic rings. The van der Waals surface area contributed by atoms with Gasteiger partial charge >= 0.3 is 0 Å². The fourth-order valence-corrected chi connectivity index (χ4v) is 2.41. The van der Waals surface area contributed by atoms with Gasteiger partial charge in [0.25, 0.3) is 0 Å². The zero-order chi connectivity index (χ0) is 13.7. The number of carbonyl (C=O) groups excluding carboxylic acids is 1. The van der Waals surface area contributed by atoms with E-state index in [0.717, 1.165) is 48.1 Å². The van der Waals surface area contributed by atoms with Crippen LogP contribution in [0.25, 0.3) is 0 Å². The van der Waals surface area contributed by atoms with Gasteiger partial charge in [-0.1, -0.05) is 19.8 Å². The first-order valence-corrected chi connectivity index (χ1v) is 6.49. The molecular formula is C15H23NO2. The molecule has 1 aromatic carbocycles. The van der Waals surface area contributed by atoms with Gasteiger partial charge in [-0.15, -0.1) is 0 Å². The molecule has 3 nitrogen and oxygen atoms in total. The molecule has 0 aliphatic heterocycles. The number of nitrogens with two attached hydrogens (primary N) is 1. The minimum absolute atomic E-state index is 0.352. The molecule has 0 aliphatic carbocycles. The molecule has 0 spiro atoms. The molecule has 0 radical (unpaired) electrons. The standard InChI is InChI=1S/C15H23NO2/c1-5-6-7-8-12-11(3)14(18-4)10(2)9-13(12)15(16)17/h9H,5-8H2,1-4H3,(H2,16,17). The van der Waals surface area contributed by atoms with Crippen LogP contribution in [0.4, 0.5) is 0 Å². The second-order valence-electron chi connectivity index (χ2n) is 4.70. The third-order valence-electron chi connectivity index (χ3n) is 3.34. The highest BCUT2D eigenvalue weighted by Gasteiger charge is 2.16. The smallest absolute Gasteiger partial charge is 0.249 e. The van der Waals surface area contributed by atoms with Crippen molar-refractivity contribution in [2.75, 3.05) is 7.11 Å². The van der Waals surface area contributed by atoms with Gasteiger partial charge in [0.1, 0.15) is 5.75 Å². The molecule has 0 fully saturated rings. The first-order chi connectivity index (χ1) is 8.52. The number of aryl methyl sites for hydroxylation is 1. The van der Waals surface area contributed by atoms with Crippen molar-refractivity contribution in [3.05, 3.63) is 28.3 Å². The molecule has 0 saturated heterocycles. The summed E-state index contributed by atoms with van der Waals surface area (Å²) in [6.45, 7) is 6.10. The van der Waals surface area contributed by atoms with Crippen LogP contribution >= 0.6 is 0 Å². The van der Waals surface area contributed by atoms with Crippen molar-refractivity contribution in [2.45, 2.75) is 46.5 Å². The van der Waals surface area contributed by atoms with E-state index in [9.17, 15) is 4.79 Å². The first kappa shape index (κ1) is 14.6. The van der Waals surface area contributed by atoms with Crippen LogP contribution in [-0.2, 0) is 6.42 Å². The lowest BCUT2D eigenvalue weighted by molar-refractivity contribution is 0.0999. The van der Waals surface area contributed by atoms with Crippen LogP contribution in [0.2, 0.25) is 0 Å². The fraction of sp³-hybridized carbons (Fsp3) is 0.533. The summed E-state index contributed by atoms with van der Waals surface area (Å²) in [6.07, 6.45) is 4.28. The van der Waals surface area contributed by atoms with E-state index in [0.29, 0.717) is 5.56 Å². The third-order valence-corrected chi connectivity index (χ3v) is 3.34. The molecule has 0 aliphatic rings. The number of hydrogen-bond acceptors (Lipinski definition) is 2. The van der Waals surface area contributed by atoms with Gasteiger partial charge in [-0.2, -0.15) is 0 Å². The maximum absolute atomic E-state index is 11.5. The predicted octanol–water partition coefficient (Wildman–Crippen LogP) is 3.14. The van der Waals surface area contributed by atoms with Crippen molar-refractivity contribution in [1.29, 1.82) is 0 Å². The molecule has 0 saturated carbocycles. The van der Waals surface area contributed by atoms with Crippen molar-refractivity contribution in [3.63, 3.8) is 0 Å². The van der Waals surface area contributed by atoms with Gasteiger partial charge in [0.15, 0.2) is 0 Å². The maximum Gasteiger partial charge on any atom is 0.249 e. The van der Waals surface area contributed by atoms with Crippen LogP contribution in [0, 0.1) is 13.8 Å². The summed E-state index contributed by atoms with van der Waals surface area (Å²) in [5.41, 5.74) is 9.15. The van der Waals surface area contributed by atoms with E-state index >= 15 is 0 Å². The van der Waals surface area contributed by atoms with Crippen molar-refractivity contribution in [2.24, 2.45) is 5.73 Å². The molecule has 0 aromatic heterocycles. The average Bonchev–Trinajstić information content (AvgIpc) is 2.32. The SMILES string of the molecule is CCCCCc1c(C(N)=O)cc(C)c(OC)c1C. The Balaban J connectivity index is 3.21. The van der Waals surface area contributed by atoms with Gasteiger partial charge in [-0.05, 0) is 49.4 Å². The lowest BCUT2D eigenvalue weighted by atomic mass is 9.93. The summed E-state index contributed by atoms with van der Waals surface area (Å²) in [4.78, 5) is 11.5. The van der Waals surface area contributed by atoms with E-state index in [1.165, 1.54) is 0 Å². The Hall–Kier alpha value is -1.51. The van der Waals surface area contributed by atoms with Gasteiger partial charge in [-0.25, -0.2) is 0 Å². The highest BCUT2D eigenvalue weighted by atomic mass is 16.5. The maximum atomic E-state index is 11.5. The summed E-state index contributed by atoms with van der Waals surface area (Å²) in [5.74, 6) is 0.516. The second kappa shape index (κ2) is 6.43. The van der Waals surface area contributed by atoms with E-state index in [1.54, 1.807) is 7.11 Å². The minimum atomic E-state index is -0.352. The zero-order valence-electron chi connectivity index (χ0n) is 11.8. The normalized spacial score (nSPS) is 10.4. The Morgan fingerprint density at radius 2 is 2.00 bits per heavy atom. The fourth-order valence-electron chi connectivity index (χ4n) is 2.41. The Morgan fingerprint density at radius 1 is 1.33 bits per heavy atom. The van der Waals surface area contributed by atoms with E-state index < -0.39 is 0 Å². The molecule has 0 bridgehead atoms. The lowest BCUT2D eigenvalue weighted by Crippen LogP contribution is -2.16. The van der Waals surface area contributed by atoms with Crippen molar-refractivity contribution >= 4 is 5.91 Å². The van der Waals surface area contributed by atoms with Crippen molar-refractivity contribution < 1.29 is 9.53 Å². The Kier molecular flexibility index (Phi) is 5.20. The van der Waals surface area contributed by atoms with Crippen LogP contribution in [-0.4, -0.2) is 13.0 Å².